The molecule has 0 radical (unpaired) electrons. The maximum absolute atomic E-state index is 5.27. The minimum atomic E-state index is -0.486. The minimum Gasteiger partial charge on any atom is -0.354 e. The summed E-state index contributed by atoms with van der Waals surface area (Å²) in [7, 11) is -0.486. The van der Waals surface area contributed by atoms with Gasteiger partial charge in [0.1, 0.15) is 0 Å². The van der Waals surface area contributed by atoms with Crippen molar-refractivity contribution in [3.8, 4) is 22.8 Å². The fourth-order valence-corrected chi connectivity index (χ4v) is 8.95. The molecule has 0 fully saturated rings. The molecule has 0 aliphatic rings. The molecule has 1 N–H and O–H groups in total. The first kappa shape index (κ1) is 29.1. The number of rotatable bonds is 5. The zero-order valence-electron chi connectivity index (χ0n) is 27.8. The Morgan fingerprint density at radius 3 is 1.67 bits per heavy atom. The van der Waals surface area contributed by atoms with Gasteiger partial charge in [-0.1, -0.05) is 103 Å². The molecule has 0 saturated heterocycles. The Hall–Kier alpha value is -6.69. The summed E-state index contributed by atoms with van der Waals surface area (Å²) in [5.41, 5.74) is 10.7. The number of fused-ring (bicyclic) bond motifs is 9. The molecule has 5 aromatic heterocycles. The van der Waals surface area contributed by atoms with Gasteiger partial charge in [0.05, 0.1) is 55.4 Å². The summed E-state index contributed by atoms with van der Waals surface area (Å²) in [4.78, 5) is 23.5. The van der Waals surface area contributed by atoms with Gasteiger partial charge in [-0.3, -0.25) is 19.1 Å². The van der Waals surface area contributed by atoms with Gasteiger partial charge < -0.3 is 4.98 Å². The molecule has 0 bridgehead atoms. The summed E-state index contributed by atoms with van der Waals surface area (Å²) < 4.78 is 4.47. The second-order valence-electron chi connectivity index (χ2n) is 13.1. The lowest BCUT2D eigenvalue weighted by Gasteiger charge is -2.11. The van der Waals surface area contributed by atoms with E-state index in [0.717, 1.165) is 66.7 Å². The van der Waals surface area contributed by atoms with Crippen LogP contribution < -0.4 is 10.9 Å². The first-order valence-electron chi connectivity index (χ1n) is 17.3. The van der Waals surface area contributed by atoms with Gasteiger partial charge in [-0.25, -0.2) is 0 Å². The van der Waals surface area contributed by atoms with Crippen LogP contribution in [0.5, 0.6) is 0 Å². The fourth-order valence-electron chi connectivity index (χ4n) is 7.93. The van der Waals surface area contributed by atoms with Gasteiger partial charge >= 0.3 is 0 Å². The molecule has 7 nitrogen and oxygen atoms in total. The average molecular weight is 687 g/mol. The standard InChI is InChI=1S/C44H28N7P/c1-5-16-35-29(10-1)30-21-20-27(22-36(30)47-35)28-14-9-15-34-33-13-4-8-19-39(33)51(44(28)34)41-24-46-26-43(49-41)52-42-25-45-23-40(48-42)50-37-17-6-2-11-31(37)32-12-3-7-18-38(32)50/h1-26,47,52H/p+1. The molecule has 1 atom stereocenters. The van der Waals surface area contributed by atoms with E-state index in [0.29, 0.717) is 0 Å². The predicted octanol–water partition coefficient (Wildman–Crippen LogP) is 9.12. The summed E-state index contributed by atoms with van der Waals surface area (Å²) in [5.74, 6) is 1.58. The van der Waals surface area contributed by atoms with Gasteiger partial charge in [-0.15, -0.1) is 0 Å². The number of benzene rings is 6. The zero-order valence-corrected chi connectivity index (χ0v) is 28.9. The molecule has 1 unspecified atom stereocenters. The van der Waals surface area contributed by atoms with Gasteiger partial charge in [-0.2, -0.15) is 9.97 Å². The monoisotopic (exact) mass is 686 g/mol. The van der Waals surface area contributed by atoms with Crippen molar-refractivity contribution >= 4 is 84.9 Å². The molecule has 0 aliphatic heterocycles. The Balaban J connectivity index is 1.04. The van der Waals surface area contributed by atoms with E-state index < -0.39 is 8.58 Å². The molecule has 0 aliphatic carbocycles. The topological polar surface area (TPSA) is 77.2 Å². The van der Waals surface area contributed by atoms with Crippen molar-refractivity contribution in [3.63, 3.8) is 0 Å². The second kappa shape index (κ2) is 11.4. The number of H-pyrrole nitrogens is 1. The highest BCUT2D eigenvalue weighted by atomic mass is 31.1. The summed E-state index contributed by atoms with van der Waals surface area (Å²) in [6, 6.07) is 47.2. The molecule has 52 heavy (non-hydrogen) atoms. The molecular weight excluding hydrogens is 658 g/mol. The largest absolute Gasteiger partial charge is 0.354 e. The van der Waals surface area contributed by atoms with Crippen LogP contribution in [0.15, 0.2) is 158 Å². The predicted molar refractivity (Wildman–Crippen MR) is 217 cm³/mol. The molecule has 244 valence electrons. The molecule has 11 rings (SSSR count). The third kappa shape index (κ3) is 4.43. The van der Waals surface area contributed by atoms with Gasteiger partial charge in [0.2, 0.25) is 10.9 Å². The maximum atomic E-state index is 5.27. The summed E-state index contributed by atoms with van der Waals surface area (Å²) in [6.45, 7) is 0. The number of aromatic amines is 1. The normalized spacial score (nSPS) is 12.2. The van der Waals surface area contributed by atoms with Crippen LogP contribution in [0.3, 0.4) is 0 Å². The Morgan fingerprint density at radius 2 is 0.981 bits per heavy atom. The summed E-state index contributed by atoms with van der Waals surface area (Å²) in [5, 5.41) is 7.20. The highest BCUT2D eigenvalue weighted by Gasteiger charge is 2.20. The molecule has 11 aromatic rings. The van der Waals surface area contributed by atoms with E-state index in [9.17, 15) is 0 Å². The quantitative estimate of drug-likeness (QED) is 0.183. The Labute approximate surface area is 299 Å². The first-order valence-corrected chi connectivity index (χ1v) is 18.4. The van der Waals surface area contributed by atoms with Crippen molar-refractivity contribution in [3.05, 3.63) is 158 Å². The Morgan fingerprint density at radius 1 is 0.442 bits per heavy atom. The fraction of sp³-hybridized carbons (Fsp3) is 0. The van der Waals surface area contributed by atoms with Crippen LogP contribution in [0.25, 0.3) is 88.2 Å². The summed E-state index contributed by atoms with van der Waals surface area (Å²) >= 11 is 0. The van der Waals surface area contributed by atoms with Crippen molar-refractivity contribution in [1.29, 1.82) is 0 Å². The van der Waals surface area contributed by atoms with Crippen molar-refractivity contribution in [2.45, 2.75) is 0 Å². The molecule has 8 heteroatoms. The number of hydrogen-bond donors (Lipinski definition) is 1. The van der Waals surface area contributed by atoms with Crippen LogP contribution >= 0.6 is 8.58 Å². The third-order valence-electron chi connectivity index (χ3n) is 10.1. The van der Waals surface area contributed by atoms with E-state index in [1.807, 2.05) is 24.8 Å². The molecule has 0 amide bonds. The first-order chi connectivity index (χ1) is 25.8. The van der Waals surface area contributed by atoms with Crippen molar-refractivity contribution in [2.24, 2.45) is 0 Å². The number of para-hydroxylation sites is 5. The lowest BCUT2D eigenvalue weighted by molar-refractivity contribution is 1.06. The number of nitrogens with one attached hydrogen (secondary N) is 1. The lowest BCUT2D eigenvalue weighted by Crippen LogP contribution is -2.15. The van der Waals surface area contributed by atoms with Crippen LogP contribution in [0.2, 0.25) is 0 Å². The van der Waals surface area contributed by atoms with E-state index in [-0.39, 0.29) is 0 Å². The van der Waals surface area contributed by atoms with Crippen LogP contribution in [0.1, 0.15) is 0 Å². The van der Waals surface area contributed by atoms with E-state index in [4.69, 9.17) is 15.0 Å². The van der Waals surface area contributed by atoms with Crippen molar-refractivity contribution in [2.75, 3.05) is 0 Å². The average Bonchev–Trinajstić information content (AvgIpc) is 3.86. The zero-order chi connectivity index (χ0) is 34.2. The Kier molecular flexibility index (Phi) is 6.39. The molecule has 0 spiro atoms. The number of nitrogens with zero attached hydrogens (tertiary/aromatic N) is 6. The van der Waals surface area contributed by atoms with E-state index >= 15 is 0 Å². The summed E-state index contributed by atoms with van der Waals surface area (Å²) in [6.07, 6.45) is 7.44. The lowest BCUT2D eigenvalue weighted by atomic mass is 10.0. The second-order valence-corrected chi connectivity index (χ2v) is 14.6. The SMILES string of the molecule is c1ccc2c(c1)[nH]c1cc(-c3cccc4c5ccccc5n(-c5cncc([PH2+]c6cncc(-n7c8ccccc8c8ccccc87)n6)n5)c34)ccc12. The van der Waals surface area contributed by atoms with Crippen LogP contribution in [0.4, 0.5) is 0 Å². The van der Waals surface area contributed by atoms with E-state index in [1.165, 1.54) is 32.3 Å². The highest BCUT2D eigenvalue weighted by molar-refractivity contribution is 7.54. The van der Waals surface area contributed by atoms with Gasteiger partial charge in [0.15, 0.2) is 11.6 Å². The third-order valence-corrected chi connectivity index (χ3v) is 11.3. The van der Waals surface area contributed by atoms with E-state index in [1.54, 1.807) is 0 Å². The van der Waals surface area contributed by atoms with Crippen LogP contribution in [0, 0.1) is 0 Å². The van der Waals surface area contributed by atoms with Crippen LogP contribution in [-0.2, 0) is 0 Å². The van der Waals surface area contributed by atoms with Crippen molar-refractivity contribution < 1.29 is 0 Å². The maximum Gasteiger partial charge on any atom is 0.204 e. The molecular formula is C44H29N7P+. The number of hydrogen-bond acceptors (Lipinski definition) is 4. The van der Waals surface area contributed by atoms with Crippen molar-refractivity contribution in [1.82, 2.24) is 34.1 Å². The van der Waals surface area contributed by atoms with Gasteiger partial charge in [0, 0.05) is 48.9 Å². The minimum absolute atomic E-state index is 0.486. The van der Waals surface area contributed by atoms with Gasteiger partial charge in [0.25, 0.3) is 0 Å². The smallest absolute Gasteiger partial charge is 0.204 e. The molecule has 0 saturated carbocycles. The van der Waals surface area contributed by atoms with Crippen LogP contribution in [-0.4, -0.2) is 34.1 Å². The highest BCUT2D eigenvalue weighted by Crippen LogP contribution is 2.39. The Bertz CT molecular complexity index is 3140. The van der Waals surface area contributed by atoms with Gasteiger partial charge in [-0.05, 0) is 35.9 Å². The molecule has 6 aromatic carbocycles. The number of aromatic nitrogens is 7. The molecule has 5 heterocycles. The van der Waals surface area contributed by atoms with E-state index in [2.05, 4.69) is 153 Å².